The van der Waals surface area contributed by atoms with E-state index < -0.39 is 40.2 Å². The molecular formula is C35H37ClFN3O5S. The third-order valence-electron chi connectivity index (χ3n) is 7.30. The van der Waals surface area contributed by atoms with Gasteiger partial charge in [0.05, 0.1) is 17.7 Å². The zero-order valence-electron chi connectivity index (χ0n) is 26.1. The van der Waals surface area contributed by atoms with Crippen molar-refractivity contribution in [2.24, 2.45) is 0 Å². The molecule has 1 atom stereocenters. The summed E-state index contributed by atoms with van der Waals surface area (Å²) in [6, 6.07) is 24.3. The van der Waals surface area contributed by atoms with Crippen LogP contribution >= 0.6 is 11.6 Å². The molecule has 0 aliphatic rings. The highest BCUT2D eigenvalue weighted by Crippen LogP contribution is 2.35. The van der Waals surface area contributed by atoms with Crippen molar-refractivity contribution in [3.8, 4) is 5.75 Å². The maximum absolute atomic E-state index is 15.1. The number of carbonyl (C=O) groups is 2. The summed E-state index contributed by atoms with van der Waals surface area (Å²) in [4.78, 5) is 29.5. The molecule has 0 bridgehead atoms. The number of nitrogens with one attached hydrogen (secondary N) is 1. The molecule has 4 aromatic carbocycles. The van der Waals surface area contributed by atoms with Crippen molar-refractivity contribution < 1.29 is 27.1 Å². The minimum Gasteiger partial charge on any atom is -0.495 e. The van der Waals surface area contributed by atoms with Gasteiger partial charge in [0, 0.05) is 29.6 Å². The Hall–Kier alpha value is -4.41. The van der Waals surface area contributed by atoms with Crippen LogP contribution in [0.1, 0.15) is 30.5 Å². The van der Waals surface area contributed by atoms with Gasteiger partial charge < -0.3 is 15.0 Å². The topological polar surface area (TPSA) is 96.0 Å². The monoisotopic (exact) mass is 665 g/mol. The Kier molecular flexibility index (Phi) is 11.4. The fourth-order valence-corrected chi connectivity index (χ4v) is 6.54. The van der Waals surface area contributed by atoms with Crippen LogP contribution in [0.3, 0.4) is 0 Å². The normalized spacial score (nSPS) is 12.0. The number of aryl methyl sites for hydroxylation is 1. The Bertz CT molecular complexity index is 1770. The standard InChI is InChI=1S/C35H37ClFN3O5S/c1-24(2)38-35(42)32(20-26-10-6-5-7-11-26)39(22-27-12-8-9-13-30(27)37)34(41)23-40(31-21-28(36)16-19-33(31)45-4)46(43,44)29-17-14-25(3)15-18-29/h5-19,21,24,32H,20,22-23H2,1-4H3,(H,38,42)/t32-/m1/s1. The van der Waals surface area contributed by atoms with Crippen LogP contribution in [-0.4, -0.2) is 50.9 Å². The van der Waals surface area contributed by atoms with E-state index in [-0.39, 0.29) is 45.9 Å². The smallest absolute Gasteiger partial charge is 0.264 e. The number of hydrogen-bond donors (Lipinski definition) is 1. The van der Waals surface area contributed by atoms with E-state index in [1.54, 1.807) is 38.1 Å². The summed E-state index contributed by atoms with van der Waals surface area (Å²) in [6.07, 6.45) is 0.102. The molecule has 0 fully saturated rings. The highest BCUT2D eigenvalue weighted by molar-refractivity contribution is 7.92. The maximum Gasteiger partial charge on any atom is 0.264 e. The van der Waals surface area contributed by atoms with Crippen LogP contribution in [0.4, 0.5) is 10.1 Å². The number of carbonyl (C=O) groups excluding carboxylic acids is 2. The van der Waals surface area contributed by atoms with Crippen LogP contribution < -0.4 is 14.4 Å². The molecule has 46 heavy (non-hydrogen) atoms. The van der Waals surface area contributed by atoms with Gasteiger partial charge in [-0.05, 0) is 62.7 Å². The summed E-state index contributed by atoms with van der Waals surface area (Å²) in [5, 5.41) is 3.09. The number of methoxy groups -OCH3 is 1. The van der Waals surface area contributed by atoms with Crippen molar-refractivity contribution in [3.63, 3.8) is 0 Å². The summed E-state index contributed by atoms with van der Waals surface area (Å²) in [5.41, 5.74) is 1.80. The first-order valence-electron chi connectivity index (χ1n) is 14.7. The highest BCUT2D eigenvalue weighted by Gasteiger charge is 2.36. The number of benzene rings is 4. The Morgan fingerprint density at radius 3 is 2.22 bits per heavy atom. The number of ether oxygens (including phenoxy) is 1. The number of hydrogen-bond acceptors (Lipinski definition) is 5. The van der Waals surface area contributed by atoms with Crippen molar-refractivity contribution in [1.82, 2.24) is 10.2 Å². The van der Waals surface area contributed by atoms with Gasteiger partial charge in [0.15, 0.2) is 0 Å². The summed E-state index contributed by atoms with van der Waals surface area (Å²) in [6.45, 7) is 4.39. The van der Waals surface area contributed by atoms with E-state index in [0.717, 1.165) is 15.4 Å². The van der Waals surface area contributed by atoms with Crippen molar-refractivity contribution in [3.05, 3.63) is 125 Å². The number of nitrogens with zero attached hydrogens (tertiary/aromatic N) is 2. The first-order chi connectivity index (χ1) is 21.9. The molecule has 0 aromatic heterocycles. The van der Waals surface area contributed by atoms with E-state index in [4.69, 9.17) is 16.3 Å². The van der Waals surface area contributed by atoms with Crippen LogP contribution in [0.2, 0.25) is 5.02 Å². The molecule has 0 spiro atoms. The Labute approximate surface area is 274 Å². The van der Waals surface area contributed by atoms with Crippen LogP contribution in [0.25, 0.3) is 0 Å². The summed E-state index contributed by atoms with van der Waals surface area (Å²) in [7, 11) is -3.00. The molecule has 8 nitrogen and oxygen atoms in total. The Balaban J connectivity index is 1.86. The quantitative estimate of drug-likeness (QED) is 0.185. The second-order valence-electron chi connectivity index (χ2n) is 11.1. The van der Waals surface area contributed by atoms with E-state index in [9.17, 15) is 18.0 Å². The third kappa shape index (κ3) is 8.44. The van der Waals surface area contributed by atoms with Crippen molar-refractivity contribution in [2.45, 2.75) is 50.7 Å². The lowest BCUT2D eigenvalue weighted by Crippen LogP contribution is -2.54. The predicted molar refractivity (Wildman–Crippen MR) is 178 cm³/mol. The number of rotatable bonds is 13. The van der Waals surface area contributed by atoms with E-state index in [2.05, 4.69) is 5.32 Å². The summed E-state index contributed by atoms with van der Waals surface area (Å²) in [5.74, 6) is -1.60. The average Bonchev–Trinajstić information content (AvgIpc) is 3.02. The van der Waals surface area contributed by atoms with Gasteiger partial charge in [-0.15, -0.1) is 0 Å². The molecule has 0 heterocycles. The SMILES string of the molecule is COc1ccc(Cl)cc1N(CC(=O)N(Cc1ccccc1F)[C@H](Cc1ccccc1)C(=O)NC(C)C)S(=O)(=O)c1ccc(C)cc1. The molecule has 0 unspecified atom stereocenters. The van der Waals surface area contributed by atoms with E-state index in [1.807, 2.05) is 37.3 Å². The van der Waals surface area contributed by atoms with Gasteiger partial charge in [-0.25, -0.2) is 12.8 Å². The molecule has 4 aromatic rings. The second kappa shape index (κ2) is 15.2. The van der Waals surface area contributed by atoms with Crippen LogP contribution in [0.5, 0.6) is 5.75 Å². The van der Waals surface area contributed by atoms with E-state index in [0.29, 0.717) is 0 Å². The van der Waals surface area contributed by atoms with Gasteiger partial charge in [-0.2, -0.15) is 0 Å². The van der Waals surface area contributed by atoms with Crippen molar-refractivity contribution in [2.75, 3.05) is 18.0 Å². The maximum atomic E-state index is 15.1. The molecule has 0 aliphatic heterocycles. The minimum atomic E-state index is -4.38. The lowest BCUT2D eigenvalue weighted by atomic mass is 10.0. The molecule has 1 N–H and O–H groups in total. The minimum absolute atomic E-state index is 0.0287. The molecular weight excluding hydrogens is 629 g/mol. The fraction of sp³-hybridized carbons (Fsp3) is 0.257. The van der Waals surface area contributed by atoms with Gasteiger partial charge in [0.25, 0.3) is 10.0 Å². The van der Waals surface area contributed by atoms with Gasteiger partial charge in [0.2, 0.25) is 11.8 Å². The van der Waals surface area contributed by atoms with Crippen LogP contribution in [-0.2, 0) is 32.6 Å². The lowest BCUT2D eigenvalue weighted by Gasteiger charge is -2.34. The third-order valence-corrected chi connectivity index (χ3v) is 9.31. The molecule has 4 rings (SSSR count). The zero-order chi connectivity index (χ0) is 33.4. The molecule has 0 aliphatic carbocycles. The van der Waals surface area contributed by atoms with Crippen LogP contribution in [0, 0.1) is 12.7 Å². The summed E-state index contributed by atoms with van der Waals surface area (Å²) >= 11 is 6.32. The Morgan fingerprint density at radius 2 is 1.59 bits per heavy atom. The molecule has 2 amide bonds. The summed E-state index contributed by atoms with van der Waals surface area (Å²) < 4.78 is 50.0. The molecule has 0 saturated carbocycles. The van der Waals surface area contributed by atoms with Crippen molar-refractivity contribution in [1.29, 1.82) is 0 Å². The fourth-order valence-electron chi connectivity index (χ4n) is 4.95. The van der Waals surface area contributed by atoms with Gasteiger partial charge in [-0.3, -0.25) is 13.9 Å². The first kappa shape index (κ1) is 34.5. The number of halogens is 2. The van der Waals surface area contributed by atoms with Gasteiger partial charge in [0.1, 0.15) is 24.2 Å². The molecule has 0 saturated heterocycles. The number of sulfonamides is 1. The van der Waals surface area contributed by atoms with Crippen molar-refractivity contribution >= 4 is 39.1 Å². The number of amides is 2. The first-order valence-corrected chi connectivity index (χ1v) is 16.5. The second-order valence-corrected chi connectivity index (χ2v) is 13.4. The zero-order valence-corrected chi connectivity index (χ0v) is 27.7. The number of anilines is 1. The molecule has 11 heteroatoms. The molecule has 242 valence electrons. The van der Waals surface area contributed by atoms with E-state index >= 15 is 4.39 Å². The van der Waals surface area contributed by atoms with Gasteiger partial charge in [-0.1, -0.05) is 77.8 Å². The predicted octanol–water partition coefficient (Wildman–Crippen LogP) is 6.16. The Morgan fingerprint density at radius 1 is 0.935 bits per heavy atom. The van der Waals surface area contributed by atoms with Crippen LogP contribution in [0.15, 0.2) is 102 Å². The highest BCUT2D eigenvalue weighted by atomic mass is 35.5. The van der Waals surface area contributed by atoms with E-state index in [1.165, 1.54) is 54.5 Å². The lowest BCUT2D eigenvalue weighted by molar-refractivity contribution is -0.140. The largest absolute Gasteiger partial charge is 0.495 e. The van der Waals surface area contributed by atoms with Gasteiger partial charge >= 0.3 is 0 Å². The molecule has 0 radical (unpaired) electrons. The average molecular weight is 666 g/mol.